The lowest BCUT2D eigenvalue weighted by Gasteiger charge is -2.27. The summed E-state index contributed by atoms with van der Waals surface area (Å²) in [4.78, 5) is 12.6. The Kier molecular flexibility index (Phi) is 10.5. The van der Waals surface area contributed by atoms with E-state index in [1.165, 1.54) is 17.2 Å². The highest BCUT2D eigenvalue weighted by Gasteiger charge is 2.30. The molecule has 1 amide bonds. The Morgan fingerprint density at radius 2 is 1.67 bits per heavy atom. The fraction of sp³-hybridized carbons (Fsp3) is 0.361. The number of fused-ring (bicyclic) bond motifs is 1. The van der Waals surface area contributed by atoms with Gasteiger partial charge in [-0.1, -0.05) is 48.0 Å². The fourth-order valence-electron chi connectivity index (χ4n) is 6.59. The number of benzene rings is 3. The number of methoxy groups -OCH3 is 2. The average molecular weight is 665 g/mol. The number of nitrogens with zero attached hydrogens (tertiary/aromatic N) is 1. The number of hydrogen-bond donors (Lipinski definition) is 2. The van der Waals surface area contributed by atoms with Crippen molar-refractivity contribution >= 4 is 27.5 Å². The Morgan fingerprint density at radius 1 is 1.02 bits per heavy atom. The number of halogens is 1. The Morgan fingerprint density at radius 3 is 2.28 bits per heavy atom. The molecule has 0 bridgehead atoms. The summed E-state index contributed by atoms with van der Waals surface area (Å²) in [5.41, 5.74) is 5.70. The van der Waals surface area contributed by atoms with Gasteiger partial charge in [-0.25, -0.2) is 13.1 Å². The maximum atomic E-state index is 12.9. The van der Waals surface area contributed by atoms with E-state index in [2.05, 4.69) is 29.0 Å². The zero-order valence-electron chi connectivity index (χ0n) is 26.6. The van der Waals surface area contributed by atoms with Crippen molar-refractivity contribution in [1.29, 1.82) is 0 Å². The van der Waals surface area contributed by atoms with E-state index in [-0.39, 0.29) is 22.3 Å². The summed E-state index contributed by atoms with van der Waals surface area (Å²) in [6.45, 7) is 4.12. The van der Waals surface area contributed by atoms with Crippen LogP contribution in [-0.4, -0.2) is 38.2 Å². The molecular formula is C36H41ClN2O6S. The number of aryl methyl sites for hydroxylation is 2. The fourth-order valence-corrected chi connectivity index (χ4v) is 8.43. The van der Waals surface area contributed by atoms with E-state index in [0.717, 1.165) is 36.0 Å². The standard InChI is InChI=1S/C36H41ClN2O6S/c1-23-8-7-11-31(37)36(23)46(42,43)38-34(40)13-12-25-14-15-39(21-25)22-30(18-26-16-27-9-5-6-10-28(27)17-26)35(41)29-19-32(44-3)24(2)33(20-29)45-4/h5-11,14-15,19-21,26,30,35,41H,12-13,16-18,22H2,1-4H3,(H,38,40)/t30-,35-/m1/s1. The molecule has 4 aromatic rings. The number of rotatable bonds is 13. The molecule has 0 saturated heterocycles. The highest BCUT2D eigenvalue weighted by molar-refractivity contribution is 7.90. The molecule has 1 aliphatic rings. The van der Waals surface area contributed by atoms with E-state index in [1.54, 1.807) is 33.3 Å². The van der Waals surface area contributed by atoms with Crippen LogP contribution < -0.4 is 14.2 Å². The third-order valence-electron chi connectivity index (χ3n) is 8.91. The lowest BCUT2D eigenvalue weighted by atomic mass is 9.85. The van der Waals surface area contributed by atoms with Gasteiger partial charge in [-0.15, -0.1) is 0 Å². The smallest absolute Gasteiger partial charge is 0.265 e. The molecule has 2 N–H and O–H groups in total. The van der Waals surface area contributed by atoms with E-state index in [9.17, 15) is 18.3 Å². The second-order valence-electron chi connectivity index (χ2n) is 12.2. The Balaban J connectivity index is 1.29. The predicted octanol–water partition coefficient (Wildman–Crippen LogP) is 6.37. The number of carbonyl (C=O) groups excluding carboxylic acids is 1. The molecule has 0 radical (unpaired) electrons. The first-order valence-corrected chi connectivity index (χ1v) is 17.3. The molecule has 3 aromatic carbocycles. The van der Waals surface area contributed by atoms with Crippen LogP contribution in [0.3, 0.4) is 0 Å². The molecule has 244 valence electrons. The van der Waals surface area contributed by atoms with Crippen molar-refractivity contribution in [2.75, 3.05) is 14.2 Å². The third kappa shape index (κ3) is 7.60. The first kappa shape index (κ1) is 33.6. The molecule has 1 heterocycles. The molecule has 0 unspecified atom stereocenters. The molecule has 8 nitrogen and oxygen atoms in total. The number of amides is 1. The molecule has 1 aromatic heterocycles. The molecule has 2 atom stereocenters. The van der Waals surface area contributed by atoms with Crippen LogP contribution >= 0.6 is 11.6 Å². The number of aliphatic hydroxyl groups excluding tert-OH is 1. The number of carbonyl (C=O) groups is 1. The first-order chi connectivity index (χ1) is 22.0. The predicted molar refractivity (Wildman–Crippen MR) is 179 cm³/mol. The number of hydrogen-bond acceptors (Lipinski definition) is 6. The molecule has 10 heteroatoms. The normalized spacial score (nSPS) is 14.5. The molecule has 0 spiro atoms. The van der Waals surface area contributed by atoms with Crippen molar-refractivity contribution in [2.24, 2.45) is 11.8 Å². The molecule has 0 saturated carbocycles. The number of aliphatic hydroxyl groups is 1. The Labute approximate surface area is 276 Å². The van der Waals surface area contributed by atoms with Crippen LogP contribution in [0.15, 0.2) is 78.0 Å². The summed E-state index contributed by atoms with van der Waals surface area (Å²) in [6, 6.07) is 19.0. The Hall–Kier alpha value is -3.79. The first-order valence-electron chi connectivity index (χ1n) is 15.4. The average Bonchev–Trinajstić information content (AvgIpc) is 3.65. The summed E-state index contributed by atoms with van der Waals surface area (Å²) < 4.78 is 41.1. The van der Waals surface area contributed by atoms with Crippen molar-refractivity contribution < 1.29 is 27.8 Å². The van der Waals surface area contributed by atoms with E-state index in [4.69, 9.17) is 21.1 Å². The van der Waals surface area contributed by atoms with Crippen LogP contribution in [0.5, 0.6) is 11.5 Å². The maximum absolute atomic E-state index is 12.9. The quantitative estimate of drug-likeness (QED) is 0.172. The van der Waals surface area contributed by atoms with Gasteiger partial charge in [-0.3, -0.25) is 4.79 Å². The van der Waals surface area contributed by atoms with Gasteiger partial charge in [0.15, 0.2) is 0 Å². The van der Waals surface area contributed by atoms with Gasteiger partial charge in [-0.2, -0.15) is 0 Å². The summed E-state index contributed by atoms with van der Waals surface area (Å²) in [5, 5.41) is 11.9. The highest BCUT2D eigenvalue weighted by atomic mass is 35.5. The summed E-state index contributed by atoms with van der Waals surface area (Å²) in [6.07, 6.45) is 6.22. The van der Waals surface area contributed by atoms with Crippen molar-refractivity contribution in [3.05, 3.63) is 111 Å². The van der Waals surface area contributed by atoms with Gasteiger partial charge in [0.25, 0.3) is 10.0 Å². The van der Waals surface area contributed by atoms with Crippen LogP contribution in [0.4, 0.5) is 0 Å². The summed E-state index contributed by atoms with van der Waals surface area (Å²) in [7, 11) is -0.876. The van der Waals surface area contributed by atoms with Gasteiger partial charge in [0.05, 0.1) is 25.3 Å². The van der Waals surface area contributed by atoms with E-state index in [1.807, 2.05) is 42.1 Å². The van der Waals surface area contributed by atoms with E-state index in [0.29, 0.717) is 35.9 Å². The molecule has 5 rings (SSSR count). The lowest BCUT2D eigenvalue weighted by Crippen LogP contribution is -2.31. The maximum Gasteiger partial charge on any atom is 0.265 e. The van der Waals surface area contributed by atoms with Crippen LogP contribution in [0.2, 0.25) is 5.02 Å². The number of ether oxygens (including phenoxy) is 2. The summed E-state index contributed by atoms with van der Waals surface area (Å²) in [5.74, 6) is 0.989. The molecule has 1 aliphatic carbocycles. The van der Waals surface area contributed by atoms with Gasteiger partial charge < -0.3 is 19.1 Å². The molecule has 0 aliphatic heterocycles. The van der Waals surface area contributed by atoms with Crippen LogP contribution in [0.1, 0.15) is 52.3 Å². The lowest BCUT2D eigenvalue weighted by molar-refractivity contribution is -0.119. The molecular weight excluding hydrogens is 624 g/mol. The second-order valence-corrected chi connectivity index (χ2v) is 14.2. The zero-order chi connectivity index (χ0) is 33.0. The highest BCUT2D eigenvalue weighted by Crippen LogP contribution is 2.39. The van der Waals surface area contributed by atoms with Crippen LogP contribution in [0, 0.1) is 25.7 Å². The number of sulfonamides is 1. The van der Waals surface area contributed by atoms with Crippen LogP contribution in [-0.2, 0) is 40.6 Å². The topological polar surface area (TPSA) is 107 Å². The van der Waals surface area contributed by atoms with Gasteiger partial charge >= 0.3 is 0 Å². The number of nitrogens with one attached hydrogen (secondary N) is 1. The largest absolute Gasteiger partial charge is 0.496 e. The van der Waals surface area contributed by atoms with Gasteiger partial charge in [0.2, 0.25) is 5.91 Å². The van der Waals surface area contributed by atoms with Crippen molar-refractivity contribution in [3.8, 4) is 11.5 Å². The molecule has 46 heavy (non-hydrogen) atoms. The SMILES string of the molecule is COc1cc([C@@H](O)[C@H](CC2Cc3ccccc3C2)Cn2ccc(CCC(=O)NS(=O)(=O)c3c(C)cccc3Cl)c2)cc(OC)c1C. The van der Waals surface area contributed by atoms with Gasteiger partial charge in [0.1, 0.15) is 16.4 Å². The van der Waals surface area contributed by atoms with E-state index < -0.39 is 22.0 Å². The minimum Gasteiger partial charge on any atom is -0.496 e. The third-order valence-corrected chi connectivity index (χ3v) is 10.9. The van der Waals surface area contributed by atoms with Crippen molar-refractivity contribution in [3.63, 3.8) is 0 Å². The number of aromatic nitrogens is 1. The minimum atomic E-state index is -4.10. The minimum absolute atomic E-state index is 0.0118. The van der Waals surface area contributed by atoms with Gasteiger partial charge in [0, 0.05) is 36.8 Å². The monoisotopic (exact) mass is 664 g/mol. The van der Waals surface area contributed by atoms with E-state index >= 15 is 0 Å². The van der Waals surface area contributed by atoms with Gasteiger partial charge in [-0.05, 0) is 97.5 Å². The van der Waals surface area contributed by atoms with Crippen LogP contribution in [0.25, 0.3) is 0 Å². The summed E-state index contributed by atoms with van der Waals surface area (Å²) >= 11 is 6.13. The zero-order valence-corrected chi connectivity index (χ0v) is 28.2. The van der Waals surface area contributed by atoms with Crippen molar-refractivity contribution in [1.82, 2.24) is 9.29 Å². The molecule has 0 fully saturated rings. The Bertz CT molecular complexity index is 1750. The van der Waals surface area contributed by atoms with Crippen molar-refractivity contribution in [2.45, 2.75) is 63.5 Å². The second kappa shape index (κ2) is 14.3.